The lowest BCUT2D eigenvalue weighted by molar-refractivity contribution is 0.0628. The third kappa shape index (κ3) is 5.94. The molecule has 38 heavy (non-hydrogen) atoms. The van der Waals surface area contributed by atoms with Gasteiger partial charge < -0.3 is 19.1 Å². The number of anilines is 1. The van der Waals surface area contributed by atoms with Crippen LogP contribution >= 0.6 is 24.0 Å². The van der Waals surface area contributed by atoms with Crippen LogP contribution in [0.4, 0.5) is 5.69 Å². The van der Waals surface area contributed by atoms with E-state index in [1.807, 2.05) is 18.2 Å². The van der Waals surface area contributed by atoms with E-state index in [-0.39, 0.29) is 46.3 Å². The summed E-state index contributed by atoms with van der Waals surface area (Å²) in [4.78, 5) is 17.1. The van der Waals surface area contributed by atoms with Gasteiger partial charge in [0.1, 0.15) is 10.6 Å². The molecule has 9 nitrogen and oxygen atoms in total. The van der Waals surface area contributed by atoms with Gasteiger partial charge in [0.15, 0.2) is 11.5 Å². The number of nitrogens with one attached hydrogen (secondary N) is 1. The molecule has 2 aliphatic rings. The Morgan fingerprint density at radius 1 is 1.00 bits per heavy atom. The minimum Gasteiger partial charge on any atom is -0.495 e. The van der Waals surface area contributed by atoms with Gasteiger partial charge in [0.25, 0.3) is 15.9 Å². The number of benzene rings is 3. The van der Waals surface area contributed by atoms with Crippen LogP contribution in [0.3, 0.4) is 0 Å². The number of carbonyl (C=O) groups excluding carboxylic acids is 1. The van der Waals surface area contributed by atoms with E-state index in [9.17, 15) is 13.2 Å². The zero-order valence-corrected chi connectivity index (χ0v) is 22.9. The largest absolute Gasteiger partial charge is 0.495 e. The van der Waals surface area contributed by atoms with Crippen LogP contribution in [0.1, 0.15) is 15.9 Å². The van der Waals surface area contributed by atoms with Gasteiger partial charge in [0, 0.05) is 38.3 Å². The van der Waals surface area contributed by atoms with E-state index in [0.29, 0.717) is 31.9 Å². The average Bonchev–Trinajstić information content (AvgIpc) is 3.37. The standard InChI is InChI=1S/C26H26ClN3O6S.ClH/c1-34-22-5-3-2-4-21(22)28-37(32,33)25-15-19(7-8-20(25)27)26(31)30-12-10-29(11-13-30)16-18-6-9-23-24(14-18)36-17-35-23;/h2-9,14-15,28H,10-13,16-17H2,1H3;1H. The molecule has 3 aromatic rings. The topological polar surface area (TPSA) is 97.4 Å². The van der Waals surface area contributed by atoms with Crippen LogP contribution in [0.25, 0.3) is 0 Å². The zero-order valence-electron chi connectivity index (χ0n) is 20.6. The molecular formula is C26H27Cl2N3O6S. The summed E-state index contributed by atoms with van der Waals surface area (Å²) in [5.41, 5.74) is 1.64. The van der Waals surface area contributed by atoms with Crippen molar-refractivity contribution in [1.82, 2.24) is 9.80 Å². The minimum absolute atomic E-state index is 0. The molecule has 3 aromatic carbocycles. The van der Waals surface area contributed by atoms with Crippen LogP contribution < -0.4 is 18.9 Å². The number of hydrogen-bond donors (Lipinski definition) is 1. The second-order valence-electron chi connectivity index (χ2n) is 8.71. The molecule has 1 N–H and O–H groups in total. The number of halogens is 2. The third-order valence-electron chi connectivity index (χ3n) is 6.32. The molecule has 0 unspecified atom stereocenters. The van der Waals surface area contributed by atoms with Crippen molar-refractivity contribution in [2.45, 2.75) is 11.4 Å². The molecule has 0 bridgehead atoms. The Morgan fingerprint density at radius 3 is 2.50 bits per heavy atom. The highest BCUT2D eigenvalue weighted by molar-refractivity contribution is 7.92. The first kappa shape index (κ1) is 27.8. The Morgan fingerprint density at radius 2 is 1.74 bits per heavy atom. The fourth-order valence-corrected chi connectivity index (χ4v) is 5.96. The van der Waals surface area contributed by atoms with E-state index >= 15 is 0 Å². The molecule has 202 valence electrons. The number of hydrogen-bond acceptors (Lipinski definition) is 7. The molecule has 5 rings (SSSR count). The maximum atomic E-state index is 13.2. The van der Waals surface area contributed by atoms with E-state index in [0.717, 1.165) is 23.6 Å². The number of rotatable bonds is 7. The molecule has 1 saturated heterocycles. The number of carbonyl (C=O) groups is 1. The van der Waals surface area contributed by atoms with Gasteiger partial charge in [-0.05, 0) is 48.0 Å². The van der Waals surface area contributed by atoms with Gasteiger partial charge in [-0.1, -0.05) is 29.8 Å². The summed E-state index contributed by atoms with van der Waals surface area (Å²) >= 11 is 6.24. The number of para-hydroxylation sites is 2. The van der Waals surface area contributed by atoms with Crippen molar-refractivity contribution in [2.75, 3.05) is 44.8 Å². The van der Waals surface area contributed by atoms with Crippen LogP contribution in [0.15, 0.2) is 65.6 Å². The van der Waals surface area contributed by atoms with Crippen molar-refractivity contribution in [1.29, 1.82) is 0 Å². The van der Waals surface area contributed by atoms with Crippen molar-refractivity contribution < 1.29 is 27.4 Å². The second-order valence-corrected chi connectivity index (χ2v) is 10.8. The summed E-state index contributed by atoms with van der Waals surface area (Å²) in [5.74, 6) is 1.63. The van der Waals surface area contributed by atoms with E-state index < -0.39 is 10.0 Å². The summed E-state index contributed by atoms with van der Waals surface area (Å²) < 4.78 is 44.8. The Kier molecular flexibility index (Phi) is 8.57. The summed E-state index contributed by atoms with van der Waals surface area (Å²) in [6, 6.07) is 16.9. The summed E-state index contributed by atoms with van der Waals surface area (Å²) in [6.45, 7) is 3.39. The van der Waals surface area contributed by atoms with Crippen LogP contribution in [0, 0.1) is 0 Å². The predicted octanol–water partition coefficient (Wildman–Crippen LogP) is 4.26. The molecule has 0 atom stereocenters. The smallest absolute Gasteiger partial charge is 0.263 e. The van der Waals surface area contributed by atoms with Gasteiger partial charge in [-0.2, -0.15) is 0 Å². The number of ether oxygens (including phenoxy) is 3. The van der Waals surface area contributed by atoms with Gasteiger partial charge >= 0.3 is 0 Å². The lowest BCUT2D eigenvalue weighted by atomic mass is 10.1. The van der Waals surface area contributed by atoms with E-state index in [1.54, 1.807) is 35.2 Å². The maximum absolute atomic E-state index is 13.2. The first-order valence-corrected chi connectivity index (χ1v) is 13.6. The molecule has 12 heteroatoms. The van der Waals surface area contributed by atoms with Gasteiger partial charge in [-0.3, -0.25) is 14.4 Å². The Bertz CT molecular complexity index is 1430. The van der Waals surface area contributed by atoms with Crippen molar-refractivity contribution in [3.8, 4) is 17.2 Å². The highest BCUT2D eigenvalue weighted by Crippen LogP contribution is 2.33. The lowest BCUT2D eigenvalue weighted by Gasteiger charge is -2.35. The first-order valence-electron chi connectivity index (χ1n) is 11.7. The monoisotopic (exact) mass is 579 g/mol. The number of piperazine rings is 1. The molecule has 1 fully saturated rings. The molecule has 2 aliphatic heterocycles. The zero-order chi connectivity index (χ0) is 26.0. The normalized spacial score (nSPS) is 15.1. The highest BCUT2D eigenvalue weighted by atomic mass is 35.5. The average molecular weight is 580 g/mol. The van der Waals surface area contributed by atoms with Gasteiger partial charge in [0.05, 0.1) is 17.8 Å². The molecule has 1 amide bonds. The molecule has 2 heterocycles. The highest BCUT2D eigenvalue weighted by Gasteiger charge is 2.26. The molecular weight excluding hydrogens is 553 g/mol. The molecule has 0 aromatic heterocycles. The Balaban J connectivity index is 0.00000336. The Labute approximate surface area is 232 Å². The lowest BCUT2D eigenvalue weighted by Crippen LogP contribution is -2.48. The van der Waals surface area contributed by atoms with E-state index in [2.05, 4.69) is 9.62 Å². The van der Waals surface area contributed by atoms with Crippen LogP contribution in [-0.2, 0) is 16.6 Å². The first-order chi connectivity index (χ1) is 17.8. The number of amides is 1. The number of nitrogens with zero attached hydrogens (tertiary/aromatic N) is 2. The van der Waals surface area contributed by atoms with Gasteiger partial charge in [-0.25, -0.2) is 8.42 Å². The van der Waals surface area contributed by atoms with Gasteiger partial charge in [0.2, 0.25) is 6.79 Å². The quantitative estimate of drug-likeness (QED) is 0.446. The summed E-state index contributed by atoms with van der Waals surface area (Å²) in [5, 5.41) is 0.0208. The minimum atomic E-state index is -4.07. The van der Waals surface area contributed by atoms with E-state index in [4.69, 9.17) is 25.8 Å². The summed E-state index contributed by atoms with van der Waals surface area (Å²) in [7, 11) is -2.62. The molecule has 0 spiro atoms. The predicted molar refractivity (Wildman–Crippen MR) is 146 cm³/mol. The van der Waals surface area contributed by atoms with Crippen molar-refractivity contribution in [3.05, 3.63) is 76.8 Å². The van der Waals surface area contributed by atoms with Crippen molar-refractivity contribution in [3.63, 3.8) is 0 Å². The third-order valence-corrected chi connectivity index (χ3v) is 8.17. The second kappa shape index (κ2) is 11.7. The summed E-state index contributed by atoms with van der Waals surface area (Å²) in [6.07, 6.45) is 0. The fraction of sp³-hybridized carbons (Fsp3) is 0.269. The van der Waals surface area contributed by atoms with Crippen LogP contribution in [0.2, 0.25) is 5.02 Å². The molecule has 0 radical (unpaired) electrons. The van der Waals surface area contributed by atoms with Crippen LogP contribution in [0.5, 0.6) is 17.2 Å². The maximum Gasteiger partial charge on any atom is 0.263 e. The SMILES string of the molecule is COc1ccccc1NS(=O)(=O)c1cc(C(=O)N2CCN(Cc3ccc4c(c3)OCO4)CC2)ccc1Cl.Cl. The van der Waals surface area contributed by atoms with E-state index in [1.165, 1.54) is 19.2 Å². The fourth-order valence-electron chi connectivity index (χ4n) is 4.36. The molecule has 0 aliphatic carbocycles. The van der Waals surface area contributed by atoms with Crippen molar-refractivity contribution in [2.24, 2.45) is 0 Å². The number of methoxy groups -OCH3 is 1. The van der Waals surface area contributed by atoms with Crippen LogP contribution in [-0.4, -0.2) is 64.2 Å². The molecule has 0 saturated carbocycles. The number of fused-ring (bicyclic) bond motifs is 1. The Hall–Kier alpha value is -3.18. The van der Waals surface area contributed by atoms with Gasteiger partial charge in [-0.15, -0.1) is 12.4 Å². The van der Waals surface area contributed by atoms with Crippen molar-refractivity contribution >= 4 is 45.6 Å². The number of sulfonamides is 1.